The second kappa shape index (κ2) is 12.4. The minimum absolute atomic E-state index is 0.0683. The molecule has 1 fully saturated rings. The molecule has 7 heteroatoms. The lowest BCUT2D eigenvalue weighted by Gasteiger charge is -2.31. The largest absolute Gasteiger partial charge is 0.352 e. The van der Waals surface area contributed by atoms with Crippen molar-refractivity contribution < 1.29 is 19.6 Å². The molecule has 3 atom stereocenters. The number of nitrogens with one attached hydrogen (secondary N) is 2. The Bertz CT molecular complexity index is 704. The lowest BCUT2D eigenvalue weighted by molar-refractivity contribution is -0.155. The lowest BCUT2D eigenvalue weighted by Crippen LogP contribution is -2.55. The van der Waals surface area contributed by atoms with E-state index < -0.39 is 12.0 Å². The Kier molecular flexibility index (Phi) is 9.98. The fourth-order valence-electron chi connectivity index (χ4n) is 4.04. The van der Waals surface area contributed by atoms with Gasteiger partial charge in [-0.15, -0.1) is 0 Å². The van der Waals surface area contributed by atoms with Gasteiger partial charge in [0.05, 0.1) is 12.5 Å². The molecule has 1 aliphatic carbocycles. The molecule has 0 spiro atoms. The monoisotopic (exact) mass is 431 g/mol. The van der Waals surface area contributed by atoms with Gasteiger partial charge in [-0.2, -0.15) is 0 Å². The van der Waals surface area contributed by atoms with Crippen LogP contribution in [0.3, 0.4) is 0 Å². The fourth-order valence-corrected chi connectivity index (χ4v) is 4.04. The third-order valence-corrected chi connectivity index (χ3v) is 6.33. The number of nitrogens with zero attached hydrogens (tertiary/aromatic N) is 1. The zero-order valence-corrected chi connectivity index (χ0v) is 18.9. The summed E-state index contributed by atoms with van der Waals surface area (Å²) in [6.45, 7) is 5.88. The Morgan fingerprint density at radius 1 is 1.10 bits per heavy atom. The highest BCUT2D eigenvalue weighted by Crippen LogP contribution is 2.20. The zero-order valence-electron chi connectivity index (χ0n) is 18.9. The van der Waals surface area contributed by atoms with Crippen LogP contribution in [0.15, 0.2) is 30.3 Å². The minimum atomic E-state index is -0.679. The zero-order chi connectivity index (χ0) is 22.8. The van der Waals surface area contributed by atoms with Crippen molar-refractivity contribution in [3.63, 3.8) is 0 Å². The molecular formula is C24H37N3O4. The van der Waals surface area contributed by atoms with Crippen molar-refractivity contribution >= 4 is 18.2 Å². The Hall–Kier alpha value is -2.41. The van der Waals surface area contributed by atoms with Crippen molar-refractivity contribution in [2.75, 3.05) is 6.54 Å². The molecule has 172 valence electrons. The molecule has 1 aromatic rings. The van der Waals surface area contributed by atoms with E-state index in [0.29, 0.717) is 11.5 Å². The molecule has 2 rings (SSSR count). The van der Waals surface area contributed by atoms with Gasteiger partial charge in [-0.1, -0.05) is 70.4 Å². The van der Waals surface area contributed by atoms with E-state index in [1.807, 2.05) is 51.1 Å². The standard InChI is InChI=1S/C24H37N3O4/c1-17(2)18(3)22(24(30)25-21-12-8-5-9-13-21)26-23(29)20(15-27(31)16-28)14-19-10-6-4-7-11-19/h4,6-7,10-11,16-18,20-22,31H,5,8-9,12-15H2,1-3H3,(H,25,30)(H,26,29). The van der Waals surface area contributed by atoms with Crippen LogP contribution < -0.4 is 10.6 Å². The Morgan fingerprint density at radius 2 is 1.74 bits per heavy atom. The third kappa shape index (κ3) is 7.98. The van der Waals surface area contributed by atoms with Gasteiger partial charge in [0.25, 0.3) is 0 Å². The van der Waals surface area contributed by atoms with E-state index in [0.717, 1.165) is 31.2 Å². The molecule has 0 bridgehead atoms. The van der Waals surface area contributed by atoms with Crippen LogP contribution in [0.2, 0.25) is 0 Å². The van der Waals surface area contributed by atoms with Crippen LogP contribution in [0, 0.1) is 17.8 Å². The average molecular weight is 432 g/mol. The summed E-state index contributed by atoms with van der Waals surface area (Å²) in [5, 5.41) is 16.3. The molecule has 0 radical (unpaired) electrons. The normalized spacial score (nSPS) is 17.5. The summed E-state index contributed by atoms with van der Waals surface area (Å²) < 4.78 is 0. The lowest BCUT2D eigenvalue weighted by atomic mass is 9.88. The minimum Gasteiger partial charge on any atom is -0.352 e. The second-order valence-electron chi connectivity index (χ2n) is 9.05. The van der Waals surface area contributed by atoms with Crippen LogP contribution in [-0.2, 0) is 20.8 Å². The molecule has 3 unspecified atom stereocenters. The van der Waals surface area contributed by atoms with Crippen molar-refractivity contribution in [1.29, 1.82) is 0 Å². The van der Waals surface area contributed by atoms with Crippen LogP contribution in [0.25, 0.3) is 0 Å². The molecule has 1 aromatic carbocycles. The topological polar surface area (TPSA) is 98.7 Å². The van der Waals surface area contributed by atoms with Gasteiger partial charge in [0.15, 0.2) is 0 Å². The first-order chi connectivity index (χ1) is 14.8. The molecule has 3 N–H and O–H groups in total. The summed E-state index contributed by atoms with van der Waals surface area (Å²) in [5.41, 5.74) is 0.919. The van der Waals surface area contributed by atoms with Crippen LogP contribution in [0.1, 0.15) is 58.4 Å². The first kappa shape index (κ1) is 24.9. The molecule has 1 saturated carbocycles. The summed E-state index contributed by atoms with van der Waals surface area (Å²) in [4.78, 5) is 37.2. The Balaban J connectivity index is 2.14. The van der Waals surface area contributed by atoms with E-state index in [2.05, 4.69) is 10.6 Å². The van der Waals surface area contributed by atoms with E-state index in [1.165, 1.54) is 6.42 Å². The van der Waals surface area contributed by atoms with Gasteiger partial charge in [-0.25, -0.2) is 5.06 Å². The predicted molar refractivity (Wildman–Crippen MR) is 119 cm³/mol. The highest BCUT2D eigenvalue weighted by molar-refractivity contribution is 5.89. The summed E-state index contributed by atoms with van der Waals surface area (Å²) in [7, 11) is 0. The first-order valence-electron chi connectivity index (χ1n) is 11.4. The summed E-state index contributed by atoms with van der Waals surface area (Å²) in [6.07, 6.45) is 6.00. The van der Waals surface area contributed by atoms with Gasteiger partial charge < -0.3 is 10.6 Å². The molecule has 3 amide bonds. The summed E-state index contributed by atoms with van der Waals surface area (Å²) >= 11 is 0. The van der Waals surface area contributed by atoms with Gasteiger partial charge in [0.2, 0.25) is 18.2 Å². The maximum atomic E-state index is 13.2. The quantitative estimate of drug-likeness (QED) is 0.285. The maximum Gasteiger partial charge on any atom is 0.243 e. The third-order valence-electron chi connectivity index (χ3n) is 6.33. The van der Waals surface area contributed by atoms with Crippen molar-refractivity contribution in [2.24, 2.45) is 17.8 Å². The number of hydroxylamine groups is 2. The number of carbonyl (C=O) groups excluding carboxylic acids is 3. The van der Waals surface area contributed by atoms with E-state index >= 15 is 0 Å². The maximum absolute atomic E-state index is 13.2. The van der Waals surface area contributed by atoms with Gasteiger partial charge in [-0.3, -0.25) is 19.6 Å². The van der Waals surface area contributed by atoms with Crippen molar-refractivity contribution in [2.45, 2.75) is 71.4 Å². The number of carbonyl (C=O) groups is 3. The van der Waals surface area contributed by atoms with Crippen LogP contribution >= 0.6 is 0 Å². The van der Waals surface area contributed by atoms with E-state index in [-0.39, 0.29) is 42.6 Å². The predicted octanol–water partition coefficient (Wildman–Crippen LogP) is 2.92. The first-order valence-corrected chi connectivity index (χ1v) is 11.4. The Labute approximate surface area is 185 Å². The summed E-state index contributed by atoms with van der Waals surface area (Å²) in [5.74, 6) is -1.06. The molecule has 31 heavy (non-hydrogen) atoms. The second-order valence-corrected chi connectivity index (χ2v) is 9.05. The average Bonchev–Trinajstić information content (AvgIpc) is 2.77. The number of benzene rings is 1. The molecule has 0 aliphatic heterocycles. The number of rotatable bonds is 11. The van der Waals surface area contributed by atoms with E-state index in [1.54, 1.807) is 0 Å². The number of hydrogen-bond acceptors (Lipinski definition) is 4. The van der Waals surface area contributed by atoms with Gasteiger partial charge in [0.1, 0.15) is 6.04 Å². The summed E-state index contributed by atoms with van der Waals surface area (Å²) in [6, 6.07) is 8.92. The van der Waals surface area contributed by atoms with Crippen molar-refractivity contribution in [1.82, 2.24) is 15.7 Å². The number of hydrogen-bond donors (Lipinski definition) is 3. The Morgan fingerprint density at radius 3 is 2.32 bits per heavy atom. The fraction of sp³-hybridized carbons (Fsp3) is 0.625. The molecule has 1 aliphatic rings. The number of amides is 3. The van der Waals surface area contributed by atoms with Gasteiger partial charge >= 0.3 is 0 Å². The van der Waals surface area contributed by atoms with Crippen LogP contribution in [-0.4, -0.2) is 47.1 Å². The van der Waals surface area contributed by atoms with E-state index in [4.69, 9.17) is 0 Å². The van der Waals surface area contributed by atoms with Crippen molar-refractivity contribution in [3.05, 3.63) is 35.9 Å². The van der Waals surface area contributed by atoms with Gasteiger partial charge in [0, 0.05) is 6.04 Å². The molecule has 7 nitrogen and oxygen atoms in total. The van der Waals surface area contributed by atoms with Crippen LogP contribution in [0.5, 0.6) is 0 Å². The smallest absolute Gasteiger partial charge is 0.243 e. The SMILES string of the molecule is CC(C)C(C)C(NC(=O)C(Cc1ccccc1)CN(O)C=O)C(=O)NC1CCCCC1. The highest BCUT2D eigenvalue weighted by atomic mass is 16.5. The molecular weight excluding hydrogens is 394 g/mol. The molecule has 0 heterocycles. The van der Waals surface area contributed by atoms with Crippen molar-refractivity contribution in [3.8, 4) is 0 Å². The van der Waals surface area contributed by atoms with Gasteiger partial charge in [-0.05, 0) is 36.7 Å². The molecule has 0 aromatic heterocycles. The van der Waals surface area contributed by atoms with E-state index in [9.17, 15) is 19.6 Å². The highest BCUT2D eigenvalue weighted by Gasteiger charge is 2.33. The van der Waals surface area contributed by atoms with Crippen LogP contribution in [0.4, 0.5) is 0 Å². The molecule has 0 saturated heterocycles.